The van der Waals surface area contributed by atoms with Gasteiger partial charge in [-0.25, -0.2) is 0 Å². The number of fused-ring (bicyclic) bond motifs is 1. The molecule has 3 unspecified atom stereocenters. The molecule has 1 aliphatic rings. The first-order chi connectivity index (χ1) is 8.24. The van der Waals surface area contributed by atoms with Crippen molar-refractivity contribution >= 4 is 10.8 Å². The van der Waals surface area contributed by atoms with E-state index in [0.29, 0.717) is 0 Å². The van der Waals surface area contributed by atoms with Gasteiger partial charge in [-0.3, -0.25) is 4.21 Å². The van der Waals surface area contributed by atoms with E-state index in [0.717, 1.165) is 29.2 Å². The summed E-state index contributed by atoms with van der Waals surface area (Å²) in [7, 11) is 0.667. The Balaban J connectivity index is 2.50. The van der Waals surface area contributed by atoms with E-state index in [-0.39, 0.29) is 11.3 Å². The lowest BCUT2D eigenvalue weighted by molar-refractivity contribution is 0.402. The van der Waals surface area contributed by atoms with Crippen LogP contribution >= 0.6 is 0 Å². The topological polar surface area (TPSA) is 38.3 Å². The maximum absolute atomic E-state index is 12.5. The van der Waals surface area contributed by atoms with E-state index >= 15 is 0 Å². The van der Waals surface area contributed by atoms with Gasteiger partial charge in [0.05, 0.1) is 28.1 Å². The molecular weight excluding hydrogens is 234 g/mol. The quantitative estimate of drug-likeness (QED) is 0.894. The fourth-order valence-electron chi connectivity index (χ4n) is 2.48. The second kappa shape index (κ2) is 5.19. The molecule has 17 heavy (non-hydrogen) atoms. The first kappa shape index (κ1) is 12.6. The van der Waals surface area contributed by atoms with Crippen LogP contribution in [0.5, 0.6) is 5.75 Å². The minimum Gasteiger partial charge on any atom is -0.495 e. The van der Waals surface area contributed by atoms with Gasteiger partial charge in [0.2, 0.25) is 0 Å². The Bertz CT molecular complexity index is 433. The van der Waals surface area contributed by atoms with Crippen LogP contribution in [0.25, 0.3) is 0 Å². The van der Waals surface area contributed by atoms with E-state index in [4.69, 9.17) is 4.74 Å². The zero-order chi connectivity index (χ0) is 12.4. The molecule has 94 valence electrons. The second-order valence-electron chi connectivity index (χ2n) is 4.16. The van der Waals surface area contributed by atoms with E-state index in [2.05, 4.69) is 25.2 Å². The first-order valence-electron chi connectivity index (χ1n) is 6.05. The molecule has 0 spiro atoms. The SMILES string of the molecule is CCNC1c2cccc(OC)c2S(=O)C1CC. The number of hydrogen-bond donors (Lipinski definition) is 1. The molecule has 1 aliphatic heterocycles. The average Bonchev–Trinajstić information content (AvgIpc) is 2.63. The van der Waals surface area contributed by atoms with Crippen LogP contribution in [-0.2, 0) is 10.8 Å². The normalized spacial score (nSPS) is 26.9. The van der Waals surface area contributed by atoms with Gasteiger partial charge in [-0.1, -0.05) is 26.0 Å². The Morgan fingerprint density at radius 2 is 2.18 bits per heavy atom. The molecule has 1 N–H and O–H groups in total. The number of nitrogens with one attached hydrogen (secondary N) is 1. The van der Waals surface area contributed by atoms with Crippen molar-refractivity contribution < 1.29 is 8.95 Å². The lowest BCUT2D eigenvalue weighted by Crippen LogP contribution is -2.29. The fourth-order valence-corrected chi connectivity index (χ4v) is 4.35. The minimum absolute atomic E-state index is 0.154. The third-order valence-corrected chi connectivity index (χ3v) is 5.23. The summed E-state index contributed by atoms with van der Waals surface area (Å²) in [6, 6.07) is 6.10. The van der Waals surface area contributed by atoms with Crippen molar-refractivity contribution in [2.75, 3.05) is 13.7 Å². The smallest absolute Gasteiger partial charge is 0.135 e. The predicted molar refractivity (Wildman–Crippen MR) is 69.9 cm³/mol. The third kappa shape index (κ3) is 2.00. The van der Waals surface area contributed by atoms with Crippen molar-refractivity contribution in [1.29, 1.82) is 0 Å². The number of benzene rings is 1. The van der Waals surface area contributed by atoms with Crippen LogP contribution in [0.15, 0.2) is 23.1 Å². The van der Waals surface area contributed by atoms with E-state index < -0.39 is 10.8 Å². The highest BCUT2D eigenvalue weighted by atomic mass is 32.2. The van der Waals surface area contributed by atoms with Gasteiger partial charge < -0.3 is 10.1 Å². The number of hydrogen-bond acceptors (Lipinski definition) is 3. The van der Waals surface area contributed by atoms with Crippen LogP contribution in [0.3, 0.4) is 0 Å². The summed E-state index contributed by atoms with van der Waals surface area (Å²) >= 11 is 0. The summed E-state index contributed by atoms with van der Waals surface area (Å²) < 4.78 is 17.8. The minimum atomic E-state index is -0.966. The summed E-state index contributed by atoms with van der Waals surface area (Å²) in [4.78, 5) is 0.882. The summed E-state index contributed by atoms with van der Waals surface area (Å²) in [6.45, 7) is 5.05. The maximum atomic E-state index is 12.5. The number of methoxy groups -OCH3 is 1. The highest BCUT2D eigenvalue weighted by Crippen LogP contribution is 2.42. The predicted octanol–water partition coefficient (Wildman–Crippen LogP) is 2.25. The van der Waals surface area contributed by atoms with Crippen LogP contribution in [0, 0.1) is 0 Å². The molecule has 1 heterocycles. The van der Waals surface area contributed by atoms with Gasteiger partial charge in [0.25, 0.3) is 0 Å². The summed E-state index contributed by atoms with van der Waals surface area (Å²) in [5.74, 6) is 0.750. The molecule has 0 fully saturated rings. The third-order valence-electron chi connectivity index (χ3n) is 3.24. The molecule has 3 nitrogen and oxygen atoms in total. The molecule has 0 aromatic heterocycles. The van der Waals surface area contributed by atoms with E-state index in [1.165, 1.54) is 0 Å². The largest absolute Gasteiger partial charge is 0.495 e. The summed E-state index contributed by atoms with van der Waals surface area (Å²) in [6.07, 6.45) is 0.905. The molecule has 0 saturated carbocycles. The summed E-state index contributed by atoms with van der Waals surface area (Å²) in [5, 5.41) is 3.59. The Kier molecular flexibility index (Phi) is 3.84. The van der Waals surface area contributed by atoms with Gasteiger partial charge in [-0.05, 0) is 24.6 Å². The van der Waals surface area contributed by atoms with Crippen molar-refractivity contribution in [3.8, 4) is 5.75 Å². The summed E-state index contributed by atoms with van der Waals surface area (Å²) in [5.41, 5.74) is 1.14. The van der Waals surface area contributed by atoms with Crippen molar-refractivity contribution in [2.45, 2.75) is 36.5 Å². The zero-order valence-electron chi connectivity index (χ0n) is 10.5. The van der Waals surface area contributed by atoms with E-state index in [1.807, 2.05) is 12.1 Å². The van der Waals surface area contributed by atoms with Gasteiger partial charge in [0.15, 0.2) is 0 Å². The second-order valence-corrected chi connectivity index (χ2v) is 5.77. The molecule has 4 heteroatoms. The average molecular weight is 253 g/mol. The van der Waals surface area contributed by atoms with E-state index in [1.54, 1.807) is 7.11 Å². The molecule has 0 radical (unpaired) electrons. The van der Waals surface area contributed by atoms with Crippen molar-refractivity contribution in [1.82, 2.24) is 5.32 Å². The Morgan fingerprint density at radius 3 is 2.76 bits per heavy atom. The molecule has 1 aromatic carbocycles. The van der Waals surface area contributed by atoms with Crippen LogP contribution in [0.4, 0.5) is 0 Å². The molecule has 0 bridgehead atoms. The van der Waals surface area contributed by atoms with Gasteiger partial charge in [-0.15, -0.1) is 0 Å². The maximum Gasteiger partial charge on any atom is 0.135 e. The molecule has 0 saturated heterocycles. The highest BCUT2D eigenvalue weighted by molar-refractivity contribution is 7.86. The van der Waals surface area contributed by atoms with Crippen LogP contribution in [0.1, 0.15) is 31.9 Å². The van der Waals surface area contributed by atoms with Crippen LogP contribution in [0.2, 0.25) is 0 Å². The molecule has 1 aromatic rings. The highest BCUT2D eigenvalue weighted by Gasteiger charge is 2.39. The Hall–Kier alpha value is -0.870. The van der Waals surface area contributed by atoms with Gasteiger partial charge >= 0.3 is 0 Å². The van der Waals surface area contributed by atoms with Crippen molar-refractivity contribution in [2.24, 2.45) is 0 Å². The van der Waals surface area contributed by atoms with Gasteiger partial charge in [-0.2, -0.15) is 0 Å². The fraction of sp³-hybridized carbons (Fsp3) is 0.538. The van der Waals surface area contributed by atoms with Crippen LogP contribution in [-0.4, -0.2) is 23.1 Å². The Morgan fingerprint density at radius 1 is 1.41 bits per heavy atom. The van der Waals surface area contributed by atoms with Gasteiger partial charge in [0, 0.05) is 6.04 Å². The zero-order valence-corrected chi connectivity index (χ0v) is 11.3. The number of rotatable bonds is 4. The van der Waals surface area contributed by atoms with Crippen molar-refractivity contribution in [3.05, 3.63) is 23.8 Å². The Labute approximate surface area is 105 Å². The first-order valence-corrected chi connectivity index (χ1v) is 7.26. The molecule has 2 rings (SSSR count). The number of ether oxygens (including phenoxy) is 1. The molecule has 0 aliphatic carbocycles. The standard InChI is InChI=1S/C13H19NO2S/c1-4-11-12(14-5-2)9-7-6-8-10(16-3)13(9)17(11)15/h6-8,11-12,14H,4-5H2,1-3H3. The van der Waals surface area contributed by atoms with Crippen LogP contribution < -0.4 is 10.1 Å². The molecular formula is C13H19NO2S. The van der Waals surface area contributed by atoms with Crippen molar-refractivity contribution in [3.63, 3.8) is 0 Å². The van der Waals surface area contributed by atoms with E-state index in [9.17, 15) is 4.21 Å². The lowest BCUT2D eigenvalue weighted by Gasteiger charge is -2.18. The molecule has 3 atom stereocenters. The molecule has 0 amide bonds. The monoisotopic (exact) mass is 253 g/mol. The lowest BCUT2D eigenvalue weighted by atomic mass is 10.0. The van der Waals surface area contributed by atoms with Gasteiger partial charge in [0.1, 0.15) is 5.75 Å².